The molecule has 3 nitrogen and oxygen atoms in total. The number of thiophene rings is 1. The number of benzene rings is 2. The van der Waals surface area contributed by atoms with Crippen LogP contribution < -0.4 is 10.8 Å². The van der Waals surface area contributed by atoms with Crippen LogP contribution in [0.2, 0.25) is 0 Å². The second-order valence-corrected chi connectivity index (χ2v) is 5.69. The van der Waals surface area contributed by atoms with Crippen LogP contribution in [0, 0.1) is 0 Å². The van der Waals surface area contributed by atoms with Crippen molar-refractivity contribution in [3.63, 3.8) is 0 Å². The Morgan fingerprint density at radius 2 is 1.86 bits per heavy atom. The molecule has 0 amide bonds. The van der Waals surface area contributed by atoms with Gasteiger partial charge in [0.15, 0.2) is 0 Å². The Morgan fingerprint density at radius 3 is 2.62 bits per heavy atom. The van der Waals surface area contributed by atoms with Gasteiger partial charge in [-0.25, -0.2) is 0 Å². The van der Waals surface area contributed by atoms with Gasteiger partial charge in [-0.1, -0.05) is 36.9 Å². The largest absolute Gasteiger partial charge is 0.381 e. The average Bonchev–Trinajstić information content (AvgIpc) is 2.96. The molecule has 0 radical (unpaired) electrons. The highest BCUT2D eigenvalue weighted by molar-refractivity contribution is 7.17. The molecule has 2 aromatic carbocycles. The van der Waals surface area contributed by atoms with Gasteiger partial charge in [0.05, 0.1) is 5.70 Å². The predicted molar refractivity (Wildman–Crippen MR) is 89.5 cm³/mol. The summed E-state index contributed by atoms with van der Waals surface area (Å²) in [6.45, 7) is 4.51. The van der Waals surface area contributed by atoms with Crippen molar-refractivity contribution in [3.05, 3.63) is 71.6 Å². The Balaban J connectivity index is 1.71. The fourth-order valence-electron chi connectivity index (χ4n) is 2.22. The molecule has 1 heterocycles. The molecule has 3 N–H and O–H groups in total. The molecule has 0 saturated heterocycles. The second kappa shape index (κ2) is 5.99. The smallest absolute Gasteiger partial charge is 0.0602 e. The molecule has 0 aliphatic heterocycles. The Morgan fingerprint density at radius 1 is 1.10 bits per heavy atom. The van der Waals surface area contributed by atoms with Gasteiger partial charge in [0.25, 0.3) is 0 Å². The zero-order valence-electron chi connectivity index (χ0n) is 11.5. The van der Waals surface area contributed by atoms with Gasteiger partial charge < -0.3 is 5.32 Å². The highest BCUT2D eigenvalue weighted by atomic mass is 32.1. The van der Waals surface area contributed by atoms with Gasteiger partial charge in [-0.05, 0) is 40.1 Å². The Bertz CT molecular complexity index is 762. The number of fused-ring (bicyclic) bond motifs is 1. The molecule has 0 atom stereocenters. The molecule has 21 heavy (non-hydrogen) atoms. The number of hydroxylamine groups is 1. The SMILES string of the molecule is C=C(NO)c1ccc(NCc2csc3ccccc23)cc1. The van der Waals surface area contributed by atoms with Crippen LogP contribution in [-0.2, 0) is 6.54 Å². The molecule has 3 aromatic rings. The van der Waals surface area contributed by atoms with Crippen molar-refractivity contribution >= 4 is 32.8 Å². The maximum atomic E-state index is 8.82. The molecular weight excluding hydrogens is 280 g/mol. The van der Waals surface area contributed by atoms with Crippen LogP contribution >= 0.6 is 11.3 Å². The lowest BCUT2D eigenvalue weighted by Crippen LogP contribution is -2.04. The lowest BCUT2D eigenvalue weighted by Gasteiger charge is -2.08. The molecule has 0 spiro atoms. The molecule has 4 heteroatoms. The van der Waals surface area contributed by atoms with Crippen LogP contribution in [0.5, 0.6) is 0 Å². The minimum atomic E-state index is 0.491. The zero-order valence-corrected chi connectivity index (χ0v) is 12.3. The summed E-state index contributed by atoms with van der Waals surface area (Å²) >= 11 is 1.77. The molecule has 0 aliphatic carbocycles. The number of hydrogen-bond acceptors (Lipinski definition) is 4. The molecule has 1 aromatic heterocycles. The summed E-state index contributed by atoms with van der Waals surface area (Å²) in [5, 5.41) is 15.7. The lowest BCUT2D eigenvalue weighted by atomic mass is 10.1. The Hall–Kier alpha value is -2.30. The normalized spacial score (nSPS) is 10.5. The quantitative estimate of drug-likeness (QED) is 0.609. The Kier molecular flexibility index (Phi) is 3.90. The van der Waals surface area contributed by atoms with E-state index < -0.39 is 0 Å². The first kappa shape index (κ1) is 13.7. The molecular formula is C17H16N2OS. The first-order chi connectivity index (χ1) is 10.3. The van der Waals surface area contributed by atoms with E-state index in [-0.39, 0.29) is 0 Å². The van der Waals surface area contributed by atoms with Crippen LogP contribution in [0.15, 0.2) is 60.5 Å². The topological polar surface area (TPSA) is 44.3 Å². The van der Waals surface area contributed by atoms with Gasteiger partial charge in [0.2, 0.25) is 0 Å². The number of rotatable bonds is 5. The third-order valence-corrected chi connectivity index (χ3v) is 4.42. The summed E-state index contributed by atoms with van der Waals surface area (Å²) in [5.74, 6) is 0. The summed E-state index contributed by atoms with van der Waals surface area (Å²) in [5.41, 5.74) is 5.77. The molecule has 0 aliphatic rings. The minimum Gasteiger partial charge on any atom is -0.381 e. The average molecular weight is 296 g/mol. The fourth-order valence-corrected chi connectivity index (χ4v) is 3.18. The Labute approximate surface area is 127 Å². The van der Waals surface area contributed by atoms with Gasteiger partial charge in [-0.2, -0.15) is 0 Å². The molecule has 106 valence electrons. The standard InChI is InChI=1S/C17H16N2OS/c1-12(19-20)13-6-8-15(9-7-13)18-10-14-11-21-17-5-3-2-4-16(14)17/h2-9,11,18-20H,1,10H2. The first-order valence-electron chi connectivity index (χ1n) is 6.66. The van der Waals surface area contributed by atoms with E-state index in [1.54, 1.807) is 11.3 Å². The summed E-state index contributed by atoms with van der Waals surface area (Å²) in [6, 6.07) is 16.2. The monoisotopic (exact) mass is 296 g/mol. The molecule has 0 saturated carbocycles. The van der Waals surface area contributed by atoms with Crippen molar-refractivity contribution in [1.29, 1.82) is 0 Å². The van der Waals surface area contributed by atoms with E-state index in [2.05, 4.69) is 47.0 Å². The van der Waals surface area contributed by atoms with Crippen molar-refractivity contribution < 1.29 is 5.21 Å². The molecule has 0 bridgehead atoms. The van der Waals surface area contributed by atoms with Crippen molar-refractivity contribution in [2.24, 2.45) is 0 Å². The minimum absolute atomic E-state index is 0.491. The zero-order chi connectivity index (χ0) is 14.7. The summed E-state index contributed by atoms with van der Waals surface area (Å²) in [4.78, 5) is 0. The molecule has 0 unspecified atom stereocenters. The summed E-state index contributed by atoms with van der Waals surface area (Å²) < 4.78 is 1.31. The first-order valence-corrected chi connectivity index (χ1v) is 7.54. The number of nitrogens with one attached hydrogen (secondary N) is 2. The van der Waals surface area contributed by atoms with Crippen molar-refractivity contribution in [2.45, 2.75) is 6.54 Å². The lowest BCUT2D eigenvalue weighted by molar-refractivity contribution is 0.225. The fraction of sp³-hybridized carbons (Fsp3) is 0.0588. The van der Waals surface area contributed by atoms with Crippen molar-refractivity contribution in [3.8, 4) is 0 Å². The highest BCUT2D eigenvalue weighted by Gasteiger charge is 2.03. The van der Waals surface area contributed by atoms with Gasteiger partial charge in [0.1, 0.15) is 0 Å². The van der Waals surface area contributed by atoms with Crippen LogP contribution in [0.3, 0.4) is 0 Å². The van der Waals surface area contributed by atoms with E-state index >= 15 is 0 Å². The third-order valence-electron chi connectivity index (χ3n) is 3.41. The van der Waals surface area contributed by atoms with Gasteiger partial charge in [0, 0.05) is 16.9 Å². The number of anilines is 1. The molecule has 0 fully saturated rings. The van der Waals surface area contributed by atoms with Crippen molar-refractivity contribution in [1.82, 2.24) is 5.48 Å². The number of hydrogen-bond donors (Lipinski definition) is 3. The third kappa shape index (κ3) is 2.91. The van der Waals surface area contributed by atoms with Crippen molar-refractivity contribution in [2.75, 3.05) is 5.32 Å². The van der Waals surface area contributed by atoms with Crippen LogP contribution in [0.25, 0.3) is 15.8 Å². The highest BCUT2D eigenvalue weighted by Crippen LogP contribution is 2.26. The van der Waals surface area contributed by atoms with Crippen LogP contribution in [0.4, 0.5) is 5.69 Å². The van der Waals surface area contributed by atoms with E-state index in [1.807, 2.05) is 24.3 Å². The van der Waals surface area contributed by atoms with Crippen LogP contribution in [0.1, 0.15) is 11.1 Å². The predicted octanol–water partition coefficient (Wildman–Crippen LogP) is 4.46. The maximum Gasteiger partial charge on any atom is 0.0602 e. The van der Waals surface area contributed by atoms with E-state index in [9.17, 15) is 0 Å². The van der Waals surface area contributed by atoms with Gasteiger partial charge in [-0.3, -0.25) is 10.7 Å². The van der Waals surface area contributed by atoms with Gasteiger partial charge >= 0.3 is 0 Å². The molecule has 3 rings (SSSR count). The van der Waals surface area contributed by atoms with E-state index in [1.165, 1.54) is 15.6 Å². The van der Waals surface area contributed by atoms with E-state index in [4.69, 9.17) is 5.21 Å². The van der Waals surface area contributed by atoms with Crippen LogP contribution in [-0.4, -0.2) is 5.21 Å². The van der Waals surface area contributed by atoms with E-state index in [0.29, 0.717) is 5.70 Å². The second-order valence-electron chi connectivity index (χ2n) is 4.78. The van der Waals surface area contributed by atoms with E-state index in [0.717, 1.165) is 17.8 Å². The summed E-state index contributed by atoms with van der Waals surface area (Å²) in [6.07, 6.45) is 0. The van der Waals surface area contributed by atoms with Gasteiger partial charge in [-0.15, -0.1) is 11.3 Å². The maximum absolute atomic E-state index is 8.82. The summed E-state index contributed by atoms with van der Waals surface area (Å²) in [7, 11) is 0.